The zero-order valence-corrected chi connectivity index (χ0v) is 21.8. The first-order valence-electron chi connectivity index (χ1n) is 13.1. The summed E-state index contributed by atoms with van der Waals surface area (Å²) in [5.41, 5.74) is 6.39. The molecule has 0 atom stereocenters. The Labute approximate surface area is 229 Å². The van der Waals surface area contributed by atoms with Gasteiger partial charge in [0.2, 0.25) is 0 Å². The van der Waals surface area contributed by atoms with E-state index in [1.54, 1.807) is 0 Å². The van der Waals surface area contributed by atoms with Gasteiger partial charge in [-0.1, -0.05) is 109 Å². The minimum absolute atomic E-state index is 0.737. The van der Waals surface area contributed by atoms with Gasteiger partial charge >= 0.3 is 0 Å². The summed E-state index contributed by atoms with van der Waals surface area (Å²) in [6.45, 7) is 0. The quantitative estimate of drug-likeness (QED) is 0.234. The molecule has 0 saturated heterocycles. The summed E-state index contributed by atoms with van der Waals surface area (Å²) in [5.74, 6) is 0.737. The van der Waals surface area contributed by atoms with Gasteiger partial charge in [0.15, 0.2) is 5.82 Å². The molecule has 39 heavy (non-hydrogen) atoms. The molecule has 0 saturated carbocycles. The van der Waals surface area contributed by atoms with Crippen LogP contribution in [-0.2, 0) is 0 Å². The lowest BCUT2D eigenvalue weighted by molar-refractivity contribution is 1.23. The number of nitrogens with zero attached hydrogens (tertiary/aromatic N) is 2. The summed E-state index contributed by atoms with van der Waals surface area (Å²) in [5, 5.41) is 6.28. The summed E-state index contributed by atoms with van der Waals surface area (Å²) < 4.78 is 2.66. The van der Waals surface area contributed by atoms with E-state index in [-0.39, 0.29) is 0 Å². The average molecular weight is 515 g/mol. The Morgan fingerprint density at radius 1 is 0.436 bits per heavy atom. The van der Waals surface area contributed by atoms with Gasteiger partial charge in [-0.15, -0.1) is 11.3 Å². The van der Waals surface area contributed by atoms with Gasteiger partial charge in [-0.2, -0.15) is 0 Å². The first-order chi connectivity index (χ1) is 19.3. The molecule has 182 valence electrons. The van der Waals surface area contributed by atoms with Gasteiger partial charge < -0.3 is 0 Å². The Morgan fingerprint density at radius 2 is 1.15 bits per heavy atom. The Bertz CT molecular complexity index is 2180. The van der Waals surface area contributed by atoms with E-state index in [2.05, 4.69) is 115 Å². The number of rotatable bonds is 3. The monoisotopic (exact) mass is 514 g/mol. The van der Waals surface area contributed by atoms with Crippen LogP contribution in [0.15, 0.2) is 133 Å². The molecule has 6 aromatic carbocycles. The van der Waals surface area contributed by atoms with Crippen LogP contribution in [-0.4, -0.2) is 9.97 Å². The summed E-state index contributed by atoms with van der Waals surface area (Å²) in [6.07, 6.45) is 0. The second-order valence-corrected chi connectivity index (χ2v) is 10.9. The van der Waals surface area contributed by atoms with Crippen LogP contribution in [0.5, 0.6) is 0 Å². The van der Waals surface area contributed by atoms with E-state index in [1.165, 1.54) is 36.5 Å². The summed E-state index contributed by atoms with van der Waals surface area (Å²) in [6, 6.07) is 47.2. The Hall–Kier alpha value is -4.86. The molecule has 0 unspecified atom stereocenters. The fourth-order valence-electron chi connectivity index (χ4n) is 5.68. The van der Waals surface area contributed by atoms with Crippen LogP contribution in [0, 0.1) is 0 Å². The molecule has 8 rings (SSSR count). The number of benzene rings is 6. The SMILES string of the molecule is c1ccc(-c2nc(-c3cccc(-c4cccc5c4ccc4sc6ccccc6c45)c3)nc3ccccc23)cc1. The minimum Gasteiger partial charge on any atom is -0.228 e. The maximum atomic E-state index is 5.10. The number of hydrogen-bond acceptors (Lipinski definition) is 3. The highest BCUT2D eigenvalue weighted by molar-refractivity contribution is 7.26. The zero-order chi connectivity index (χ0) is 25.8. The summed E-state index contributed by atoms with van der Waals surface area (Å²) in [7, 11) is 0. The Kier molecular flexibility index (Phi) is 5.04. The van der Waals surface area contributed by atoms with E-state index in [1.807, 2.05) is 29.5 Å². The molecule has 0 amide bonds. The lowest BCUT2D eigenvalue weighted by Crippen LogP contribution is -1.95. The van der Waals surface area contributed by atoms with Crippen LogP contribution in [0.4, 0.5) is 0 Å². The normalized spacial score (nSPS) is 11.6. The van der Waals surface area contributed by atoms with Gasteiger partial charge in [-0.25, -0.2) is 9.97 Å². The van der Waals surface area contributed by atoms with Gasteiger partial charge in [0.1, 0.15) is 0 Å². The molecule has 2 aromatic heterocycles. The standard InChI is InChI=1S/C36H22N2S/c1-2-10-23(11-3-1)35-29-14-4-6-18-31(29)37-36(38-35)25-13-8-12-24(22-25)26-16-9-17-28-27(26)20-21-33-34(28)30-15-5-7-19-32(30)39-33/h1-22H. The summed E-state index contributed by atoms with van der Waals surface area (Å²) in [4.78, 5) is 10.1. The third-order valence-corrected chi connectivity index (χ3v) is 8.62. The van der Waals surface area contributed by atoms with E-state index < -0.39 is 0 Å². The molecule has 2 heterocycles. The second-order valence-electron chi connectivity index (χ2n) is 9.80. The van der Waals surface area contributed by atoms with Gasteiger partial charge in [0, 0.05) is 36.7 Å². The molecule has 0 aliphatic rings. The summed E-state index contributed by atoms with van der Waals surface area (Å²) >= 11 is 1.86. The molecule has 2 nitrogen and oxygen atoms in total. The third-order valence-electron chi connectivity index (χ3n) is 7.48. The van der Waals surface area contributed by atoms with Crippen LogP contribution < -0.4 is 0 Å². The Morgan fingerprint density at radius 3 is 2.08 bits per heavy atom. The van der Waals surface area contributed by atoms with Crippen LogP contribution in [0.3, 0.4) is 0 Å². The molecule has 0 fully saturated rings. The minimum atomic E-state index is 0.737. The third kappa shape index (κ3) is 3.63. The molecule has 8 aromatic rings. The van der Waals surface area contributed by atoms with Crippen LogP contribution in [0.25, 0.3) is 75.6 Å². The van der Waals surface area contributed by atoms with E-state index in [0.717, 1.165) is 39.1 Å². The molecular formula is C36H22N2S. The smallest absolute Gasteiger partial charge is 0.160 e. The van der Waals surface area contributed by atoms with Gasteiger partial charge in [0.25, 0.3) is 0 Å². The van der Waals surface area contributed by atoms with Crippen molar-refractivity contribution < 1.29 is 0 Å². The number of aromatic nitrogens is 2. The van der Waals surface area contributed by atoms with Crippen molar-refractivity contribution in [3.63, 3.8) is 0 Å². The lowest BCUT2D eigenvalue weighted by atomic mass is 9.94. The van der Waals surface area contributed by atoms with Crippen LogP contribution in [0.2, 0.25) is 0 Å². The molecule has 3 heteroatoms. The maximum Gasteiger partial charge on any atom is 0.160 e. The number of thiophene rings is 1. The van der Waals surface area contributed by atoms with Crippen molar-refractivity contribution in [1.82, 2.24) is 9.97 Å². The van der Waals surface area contributed by atoms with Gasteiger partial charge in [-0.3, -0.25) is 0 Å². The van der Waals surface area contributed by atoms with E-state index in [0.29, 0.717) is 0 Å². The van der Waals surface area contributed by atoms with Crippen molar-refractivity contribution in [1.29, 1.82) is 0 Å². The number of hydrogen-bond donors (Lipinski definition) is 0. The molecular weight excluding hydrogens is 492 g/mol. The van der Waals surface area contributed by atoms with Crippen molar-refractivity contribution in [2.24, 2.45) is 0 Å². The van der Waals surface area contributed by atoms with Crippen molar-refractivity contribution in [2.75, 3.05) is 0 Å². The first kappa shape index (κ1) is 22.2. The van der Waals surface area contributed by atoms with E-state index in [9.17, 15) is 0 Å². The van der Waals surface area contributed by atoms with Crippen molar-refractivity contribution in [3.8, 4) is 33.8 Å². The molecule has 0 aliphatic carbocycles. The molecule has 0 spiro atoms. The van der Waals surface area contributed by atoms with Crippen molar-refractivity contribution in [2.45, 2.75) is 0 Å². The molecule has 0 N–H and O–H groups in total. The van der Waals surface area contributed by atoms with E-state index >= 15 is 0 Å². The predicted octanol–water partition coefficient (Wildman–Crippen LogP) is 10.2. The molecule has 0 aliphatic heterocycles. The zero-order valence-electron chi connectivity index (χ0n) is 21.0. The average Bonchev–Trinajstić information content (AvgIpc) is 3.40. The number of fused-ring (bicyclic) bond motifs is 6. The largest absolute Gasteiger partial charge is 0.228 e. The highest BCUT2D eigenvalue weighted by atomic mass is 32.1. The highest BCUT2D eigenvalue weighted by Crippen LogP contribution is 2.41. The number of para-hydroxylation sites is 1. The predicted molar refractivity (Wildman–Crippen MR) is 166 cm³/mol. The van der Waals surface area contributed by atoms with Crippen molar-refractivity contribution in [3.05, 3.63) is 133 Å². The molecule has 0 bridgehead atoms. The van der Waals surface area contributed by atoms with Crippen molar-refractivity contribution >= 4 is 53.2 Å². The van der Waals surface area contributed by atoms with Gasteiger partial charge in [-0.05, 0) is 46.2 Å². The lowest BCUT2D eigenvalue weighted by Gasteiger charge is -2.12. The van der Waals surface area contributed by atoms with E-state index in [4.69, 9.17) is 9.97 Å². The topological polar surface area (TPSA) is 25.8 Å². The van der Waals surface area contributed by atoms with Gasteiger partial charge in [0.05, 0.1) is 11.2 Å². The fraction of sp³-hybridized carbons (Fsp3) is 0. The maximum absolute atomic E-state index is 5.10. The fourth-order valence-corrected chi connectivity index (χ4v) is 6.80. The van der Waals surface area contributed by atoms with Crippen LogP contribution >= 0.6 is 11.3 Å². The highest BCUT2D eigenvalue weighted by Gasteiger charge is 2.14. The second kappa shape index (κ2) is 8.87. The molecule has 0 radical (unpaired) electrons. The van der Waals surface area contributed by atoms with Crippen LogP contribution in [0.1, 0.15) is 0 Å². The first-order valence-corrected chi connectivity index (χ1v) is 13.9. The Balaban J connectivity index is 1.32.